The van der Waals surface area contributed by atoms with E-state index in [1.807, 2.05) is 0 Å². The molecule has 1 heterocycles. The number of nitro benzene ring substituents is 1. The molecule has 0 saturated carbocycles. The van der Waals surface area contributed by atoms with E-state index in [1.54, 1.807) is 0 Å². The molecule has 2 rings (SSSR count). The minimum atomic E-state index is -4.79. The van der Waals surface area contributed by atoms with E-state index in [1.165, 1.54) is 0 Å². The number of benzene rings is 1. The van der Waals surface area contributed by atoms with Crippen LogP contribution >= 0.6 is 0 Å². The Balaban J connectivity index is 0.00000242. The molecular formula is C11H8AcF3N4O3-. The van der Waals surface area contributed by atoms with Gasteiger partial charge in [-0.2, -0.15) is 13.2 Å². The molecule has 22 heavy (non-hydrogen) atoms. The molecule has 0 bridgehead atoms. The van der Waals surface area contributed by atoms with E-state index in [4.69, 9.17) is 10.8 Å². The van der Waals surface area contributed by atoms with Gasteiger partial charge < -0.3 is 15.4 Å². The average molecular weight is 528 g/mol. The van der Waals surface area contributed by atoms with Crippen molar-refractivity contribution in [2.75, 3.05) is 0 Å². The van der Waals surface area contributed by atoms with Crippen molar-refractivity contribution in [1.82, 2.24) is 9.55 Å². The third-order valence-corrected chi connectivity index (χ3v) is 2.69. The second-order valence-corrected chi connectivity index (χ2v) is 4.07. The fourth-order valence-electron chi connectivity index (χ4n) is 1.75. The molecule has 0 aliphatic heterocycles. The molecular weight excluding hydrogens is 520 g/mol. The quantitative estimate of drug-likeness (QED) is 0.489. The van der Waals surface area contributed by atoms with Crippen molar-refractivity contribution < 1.29 is 67.3 Å². The normalized spacial score (nSPS) is 11.1. The molecule has 1 radical (unpaired) electrons. The van der Waals surface area contributed by atoms with Gasteiger partial charge in [0.05, 0.1) is 34.8 Å². The second-order valence-electron chi connectivity index (χ2n) is 4.07. The molecule has 0 amide bonds. The van der Waals surface area contributed by atoms with Gasteiger partial charge in [0.15, 0.2) is 0 Å². The van der Waals surface area contributed by atoms with Gasteiger partial charge in [0, 0.05) is 56.3 Å². The molecule has 11 heteroatoms. The van der Waals surface area contributed by atoms with Crippen molar-refractivity contribution in [2.24, 2.45) is 0 Å². The summed E-state index contributed by atoms with van der Waals surface area (Å²) in [7, 11) is 0. The smallest absolute Gasteiger partial charge is 0.418 e. The van der Waals surface area contributed by atoms with Gasteiger partial charge in [-0.3, -0.25) is 10.1 Å². The number of imidazole rings is 1. The third-order valence-electron chi connectivity index (χ3n) is 2.69. The van der Waals surface area contributed by atoms with Gasteiger partial charge in [-0.05, 0) is 0 Å². The zero-order chi connectivity index (χ0) is 15.8. The van der Waals surface area contributed by atoms with Gasteiger partial charge in [0.1, 0.15) is 0 Å². The van der Waals surface area contributed by atoms with Crippen molar-refractivity contribution in [3.05, 3.63) is 51.8 Å². The Morgan fingerprint density at radius 1 is 1.41 bits per heavy atom. The molecule has 0 atom stereocenters. The van der Waals surface area contributed by atoms with Gasteiger partial charge in [0.25, 0.3) is 5.69 Å². The Hall–Kier alpha value is -1.18. The number of aliphatic hydroxyl groups is 1. The van der Waals surface area contributed by atoms with Crippen LogP contribution in [0.1, 0.15) is 11.3 Å². The Labute approximate surface area is 157 Å². The Bertz CT molecular complexity index is 702. The Kier molecular flexibility index (Phi) is 5.95. The number of hydrogen-bond donors (Lipinski definition) is 1. The first-order chi connectivity index (χ1) is 9.74. The van der Waals surface area contributed by atoms with Crippen molar-refractivity contribution in [1.29, 1.82) is 0 Å². The van der Waals surface area contributed by atoms with Gasteiger partial charge in [-0.15, -0.1) is 0 Å². The average Bonchev–Trinajstić information content (AvgIpc) is 2.85. The van der Waals surface area contributed by atoms with Crippen LogP contribution in [0, 0.1) is 54.2 Å². The molecule has 115 valence electrons. The molecule has 2 aromatic rings. The zero-order valence-electron chi connectivity index (χ0n) is 10.8. The largest absolute Gasteiger partial charge is 0.693 e. The van der Waals surface area contributed by atoms with E-state index in [9.17, 15) is 23.3 Å². The molecule has 0 spiro atoms. The molecule has 0 saturated heterocycles. The fraction of sp³-hybridized carbons (Fsp3) is 0.182. The molecule has 1 aromatic heterocycles. The van der Waals surface area contributed by atoms with E-state index >= 15 is 0 Å². The Morgan fingerprint density at radius 3 is 2.50 bits per heavy atom. The maximum absolute atomic E-state index is 13.0. The van der Waals surface area contributed by atoms with Gasteiger partial charge in [-0.1, -0.05) is 11.8 Å². The maximum Gasteiger partial charge on any atom is 0.418 e. The van der Waals surface area contributed by atoms with E-state index in [-0.39, 0.29) is 49.8 Å². The van der Waals surface area contributed by atoms with E-state index in [2.05, 4.69) is 4.98 Å². The predicted molar refractivity (Wildman–Crippen MR) is 65.1 cm³/mol. The van der Waals surface area contributed by atoms with Crippen LogP contribution in [0.4, 0.5) is 24.5 Å². The fourth-order valence-corrected chi connectivity index (χ4v) is 1.75. The summed E-state index contributed by atoms with van der Waals surface area (Å²) in [6.07, 6.45) is -2.66. The standard InChI is InChI=1S/C11H8F3N4O3.Ac/c12-11(13,14)7-1-8(15)10(18(20)21)2-9(7)17-3-6(4-19)16-5-17;/h1-3,5,15,19H,4H2;/q-1;. The van der Waals surface area contributed by atoms with Crippen LogP contribution in [0.25, 0.3) is 11.4 Å². The van der Waals surface area contributed by atoms with Crippen LogP contribution in [-0.2, 0) is 12.8 Å². The number of aromatic nitrogens is 2. The van der Waals surface area contributed by atoms with Crippen LogP contribution in [0.5, 0.6) is 0 Å². The molecule has 0 aliphatic rings. The zero-order valence-corrected chi connectivity index (χ0v) is 15.6. The van der Waals surface area contributed by atoms with Crippen molar-refractivity contribution in [3.63, 3.8) is 0 Å². The maximum atomic E-state index is 13.0. The molecule has 1 aromatic carbocycles. The summed E-state index contributed by atoms with van der Waals surface area (Å²) >= 11 is 0. The van der Waals surface area contributed by atoms with Crippen LogP contribution in [0.15, 0.2) is 24.7 Å². The summed E-state index contributed by atoms with van der Waals surface area (Å²) in [5.41, 5.74) is 4.12. The summed E-state index contributed by atoms with van der Waals surface area (Å²) in [5, 5.41) is 19.6. The summed E-state index contributed by atoms with van der Waals surface area (Å²) < 4.78 is 39.9. The van der Waals surface area contributed by atoms with Crippen LogP contribution in [0.3, 0.4) is 0 Å². The van der Waals surface area contributed by atoms with E-state index < -0.39 is 40.3 Å². The van der Waals surface area contributed by atoms with Crippen LogP contribution < -0.4 is 0 Å². The number of halogens is 3. The predicted octanol–water partition coefficient (Wildman–Crippen LogP) is 2.98. The first-order valence-corrected chi connectivity index (χ1v) is 5.49. The number of nitro groups is 1. The first-order valence-electron chi connectivity index (χ1n) is 5.49. The molecule has 0 unspecified atom stereocenters. The van der Waals surface area contributed by atoms with E-state index in [0.29, 0.717) is 12.1 Å². The second kappa shape index (κ2) is 6.93. The van der Waals surface area contributed by atoms with E-state index in [0.717, 1.165) is 17.1 Å². The summed E-state index contributed by atoms with van der Waals surface area (Å²) in [4.78, 5) is 13.5. The van der Waals surface area contributed by atoms with Crippen molar-refractivity contribution in [2.45, 2.75) is 12.8 Å². The molecule has 2 N–H and O–H groups in total. The van der Waals surface area contributed by atoms with Crippen molar-refractivity contribution >= 4 is 11.4 Å². The number of hydrogen-bond acceptors (Lipinski definition) is 4. The Morgan fingerprint density at radius 2 is 2.05 bits per heavy atom. The van der Waals surface area contributed by atoms with Crippen LogP contribution in [-0.4, -0.2) is 19.6 Å². The third kappa shape index (κ3) is 3.77. The molecule has 7 nitrogen and oxygen atoms in total. The van der Waals surface area contributed by atoms with Crippen LogP contribution in [0.2, 0.25) is 0 Å². The van der Waals surface area contributed by atoms with Gasteiger partial charge in [0.2, 0.25) is 0 Å². The number of rotatable bonds is 3. The number of alkyl halides is 3. The summed E-state index contributed by atoms with van der Waals surface area (Å²) in [6, 6.07) is 1.06. The number of nitrogens with zero attached hydrogens (tertiary/aromatic N) is 3. The SMILES string of the molecule is [Ac].[NH-]c1cc(C(F)(F)F)c(-n2cnc(CO)c2)cc1[N+](=O)[O-]. The topological polar surface area (TPSA) is 105 Å². The number of aliphatic hydroxyl groups excluding tert-OH is 1. The number of nitrogens with one attached hydrogen (secondary N) is 1. The summed E-state index contributed by atoms with van der Waals surface area (Å²) in [5.74, 6) is 0. The summed E-state index contributed by atoms with van der Waals surface area (Å²) in [6.45, 7) is -0.479. The first kappa shape index (κ1) is 18.9. The monoisotopic (exact) mass is 528 g/mol. The minimum Gasteiger partial charge on any atom is -0.693 e. The minimum absolute atomic E-state index is 0. The van der Waals surface area contributed by atoms with Gasteiger partial charge >= 0.3 is 6.18 Å². The van der Waals surface area contributed by atoms with Crippen molar-refractivity contribution in [3.8, 4) is 5.69 Å². The van der Waals surface area contributed by atoms with Gasteiger partial charge in [-0.25, -0.2) is 4.98 Å². The molecule has 0 aliphatic carbocycles. The molecule has 0 fully saturated rings.